The van der Waals surface area contributed by atoms with Crippen LogP contribution in [0.4, 0.5) is 0 Å². The van der Waals surface area contributed by atoms with E-state index in [1.165, 1.54) is 44.3 Å². The number of carbonyl (C=O) groups excluding carboxylic acids is 1. The molecule has 0 radical (unpaired) electrons. The second-order valence-corrected chi connectivity index (χ2v) is 8.51. The molecule has 122 valence electrons. The molecule has 3 aliphatic carbocycles. The Morgan fingerprint density at radius 1 is 1.19 bits per heavy atom. The quantitative estimate of drug-likeness (QED) is 0.861. The molecule has 3 nitrogen and oxygen atoms in total. The van der Waals surface area contributed by atoms with Crippen LogP contribution in [0.3, 0.4) is 0 Å². The fourth-order valence-electron chi connectivity index (χ4n) is 4.77. The SMILES string of the molecule is CCSC1CCC(N(C)C(=O)C2C3CCC(C3)C2N)C1.Cl. The Balaban J connectivity index is 0.00000161. The second-order valence-electron chi connectivity index (χ2n) is 6.93. The number of rotatable bonds is 4. The van der Waals surface area contributed by atoms with Crippen LogP contribution in [0.2, 0.25) is 0 Å². The van der Waals surface area contributed by atoms with Crippen LogP contribution in [0.25, 0.3) is 0 Å². The van der Waals surface area contributed by atoms with E-state index in [4.69, 9.17) is 5.73 Å². The average Bonchev–Trinajstić information content (AvgIpc) is 3.13. The number of carbonyl (C=O) groups is 1. The summed E-state index contributed by atoms with van der Waals surface area (Å²) in [5, 5.41) is 0.758. The van der Waals surface area contributed by atoms with Crippen LogP contribution in [-0.4, -0.2) is 40.9 Å². The van der Waals surface area contributed by atoms with Crippen molar-refractivity contribution in [3.63, 3.8) is 0 Å². The highest BCUT2D eigenvalue weighted by molar-refractivity contribution is 7.99. The molecule has 0 spiro atoms. The molecule has 6 unspecified atom stereocenters. The van der Waals surface area contributed by atoms with Gasteiger partial charge in [0.25, 0.3) is 0 Å². The molecule has 5 heteroatoms. The lowest BCUT2D eigenvalue weighted by molar-refractivity contribution is -0.138. The first kappa shape index (κ1) is 17.4. The van der Waals surface area contributed by atoms with Gasteiger partial charge in [0.15, 0.2) is 0 Å². The predicted octanol–water partition coefficient (Wildman–Crippen LogP) is 2.91. The van der Waals surface area contributed by atoms with Gasteiger partial charge in [-0.05, 0) is 56.1 Å². The molecule has 0 aliphatic heterocycles. The number of halogens is 1. The Labute approximate surface area is 139 Å². The predicted molar refractivity (Wildman–Crippen MR) is 91.9 cm³/mol. The van der Waals surface area contributed by atoms with Gasteiger partial charge in [0, 0.05) is 24.4 Å². The average molecular weight is 333 g/mol. The second kappa shape index (κ2) is 7.10. The van der Waals surface area contributed by atoms with Crippen molar-refractivity contribution >= 4 is 30.1 Å². The number of hydrogen-bond donors (Lipinski definition) is 1. The molecule has 3 rings (SSSR count). The van der Waals surface area contributed by atoms with Crippen molar-refractivity contribution in [3.8, 4) is 0 Å². The van der Waals surface area contributed by atoms with Gasteiger partial charge in [-0.3, -0.25) is 4.79 Å². The monoisotopic (exact) mass is 332 g/mol. The molecule has 1 amide bonds. The summed E-state index contributed by atoms with van der Waals surface area (Å²) in [4.78, 5) is 14.9. The normalized spacial score (nSPS) is 41.1. The maximum atomic E-state index is 12.8. The van der Waals surface area contributed by atoms with Crippen molar-refractivity contribution in [1.82, 2.24) is 4.90 Å². The zero-order valence-corrected chi connectivity index (χ0v) is 14.8. The van der Waals surface area contributed by atoms with Gasteiger partial charge >= 0.3 is 0 Å². The summed E-state index contributed by atoms with van der Waals surface area (Å²) in [5.41, 5.74) is 6.32. The van der Waals surface area contributed by atoms with Crippen LogP contribution < -0.4 is 5.73 Å². The minimum Gasteiger partial charge on any atom is -0.342 e. The van der Waals surface area contributed by atoms with Crippen LogP contribution in [0.1, 0.15) is 45.4 Å². The fraction of sp³-hybridized carbons (Fsp3) is 0.938. The van der Waals surface area contributed by atoms with E-state index >= 15 is 0 Å². The summed E-state index contributed by atoms with van der Waals surface area (Å²) in [6, 6.07) is 0.587. The molecule has 6 atom stereocenters. The summed E-state index contributed by atoms with van der Waals surface area (Å²) >= 11 is 2.05. The Morgan fingerprint density at radius 2 is 1.90 bits per heavy atom. The van der Waals surface area contributed by atoms with E-state index in [1.54, 1.807) is 0 Å². The summed E-state index contributed by atoms with van der Waals surface area (Å²) in [6.45, 7) is 2.22. The zero-order valence-electron chi connectivity index (χ0n) is 13.2. The van der Waals surface area contributed by atoms with Gasteiger partial charge in [0.2, 0.25) is 5.91 Å². The van der Waals surface area contributed by atoms with E-state index in [1.807, 2.05) is 7.05 Å². The lowest BCUT2D eigenvalue weighted by Gasteiger charge is -2.33. The van der Waals surface area contributed by atoms with Crippen LogP contribution in [0.15, 0.2) is 0 Å². The summed E-state index contributed by atoms with van der Waals surface area (Å²) in [6.07, 6.45) is 7.29. The highest BCUT2D eigenvalue weighted by Gasteiger charge is 2.50. The minimum atomic E-state index is 0. The zero-order chi connectivity index (χ0) is 14.3. The number of thioether (sulfide) groups is 1. The molecule has 0 aromatic carbocycles. The van der Waals surface area contributed by atoms with Gasteiger partial charge in [-0.1, -0.05) is 6.92 Å². The van der Waals surface area contributed by atoms with E-state index in [2.05, 4.69) is 23.6 Å². The van der Waals surface area contributed by atoms with Gasteiger partial charge in [0.1, 0.15) is 0 Å². The number of amides is 1. The first-order chi connectivity index (χ1) is 9.61. The molecule has 0 heterocycles. The van der Waals surface area contributed by atoms with Crippen LogP contribution in [0.5, 0.6) is 0 Å². The summed E-state index contributed by atoms with van der Waals surface area (Å²) in [5.74, 6) is 2.85. The van der Waals surface area contributed by atoms with E-state index < -0.39 is 0 Å². The van der Waals surface area contributed by atoms with Gasteiger partial charge < -0.3 is 10.6 Å². The Bertz CT molecular complexity index is 379. The molecular weight excluding hydrogens is 304 g/mol. The third-order valence-corrected chi connectivity index (χ3v) is 7.15. The molecule has 3 aliphatic rings. The molecule has 3 saturated carbocycles. The molecule has 2 bridgehead atoms. The standard InChI is InChI=1S/C16H28N2OS.ClH/c1-3-20-13-7-6-12(9-13)18(2)16(19)14-10-4-5-11(8-10)15(14)17;/h10-15H,3-9,17H2,1-2H3;1H. The maximum Gasteiger partial charge on any atom is 0.227 e. The highest BCUT2D eigenvalue weighted by Crippen LogP contribution is 2.48. The molecule has 0 saturated heterocycles. The Morgan fingerprint density at radius 3 is 2.52 bits per heavy atom. The Hall–Kier alpha value is 0.0700. The molecule has 0 aromatic heterocycles. The van der Waals surface area contributed by atoms with Crippen LogP contribution in [0, 0.1) is 17.8 Å². The lowest BCUT2D eigenvalue weighted by atomic mass is 9.84. The van der Waals surface area contributed by atoms with Crippen molar-refractivity contribution in [2.24, 2.45) is 23.5 Å². The number of nitrogens with zero attached hydrogens (tertiary/aromatic N) is 1. The van der Waals surface area contributed by atoms with Crippen molar-refractivity contribution in [2.45, 2.75) is 62.8 Å². The molecule has 3 fully saturated rings. The van der Waals surface area contributed by atoms with Gasteiger partial charge in [-0.25, -0.2) is 0 Å². The topological polar surface area (TPSA) is 46.3 Å². The summed E-state index contributed by atoms with van der Waals surface area (Å²) in [7, 11) is 2.02. The van der Waals surface area contributed by atoms with Crippen molar-refractivity contribution in [1.29, 1.82) is 0 Å². The molecular formula is C16H29ClN2OS. The number of hydrogen-bond acceptors (Lipinski definition) is 3. The van der Waals surface area contributed by atoms with E-state index in [0.717, 1.165) is 5.25 Å². The van der Waals surface area contributed by atoms with Crippen molar-refractivity contribution in [2.75, 3.05) is 12.8 Å². The van der Waals surface area contributed by atoms with Gasteiger partial charge in [-0.2, -0.15) is 11.8 Å². The first-order valence-corrected chi connectivity index (χ1v) is 9.30. The van der Waals surface area contributed by atoms with Crippen LogP contribution >= 0.6 is 24.2 Å². The van der Waals surface area contributed by atoms with Crippen molar-refractivity contribution < 1.29 is 4.79 Å². The molecule has 2 N–H and O–H groups in total. The third-order valence-electron chi connectivity index (χ3n) is 5.92. The Kier molecular flexibility index (Phi) is 5.89. The smallest absolute Gasteiger partial charge is 0.227 e. The van der Waals surface area contributed by atoms with Gasteiger partial charge in [0.05, 0.1) is 5.92 Å². The number of nitrogens with two attached hydrogens (primary N) is 1. The van der Waals surface area contributed by atoms with Gasteiger partial charge in [-0.15, -0.1) is 12.4 Å². The number of fused-ring (bicyclic) bond motifs is 2. The molecule has 21 heavy (non-hydrogen) atoms. The van der Waals surface area contributed by atoms with Crippen LogP contribution in [-0.2, 0) is 4.79 Å². The third kappa shape index (κ3) is 3.23. The molecule has 0 aromatic rings. The van der Waals surface area contributed by atoms with E-state index in [9.17, 15) is 4.79 Å². The minimum absolute atomic E-state index is 0. The summed E-state index contributed by atoms with van der Waals surface area (Å²) < 4.78 is 0. The fourth-order valence-corrected chi connectivity index (χ4v) is 5.91. The maximum absolute atomic E-state index is 12.8. The van der Waals surface area contributed by atoms with E-state index in [-0.39, 0.29) is 24.4 Å². The van der Waals surface area contributed by atoms with Crippen molar-refractivity contribution in [3.05, 3.63) is 0 Å². The highest BCUT2D eigenvalue weighted by atomic mass is 35.5. The largest absolute Gasteiger partial charge is 0.342 e. The lowest BCUT2D eigenvalue weighted by Crippen LogP contribution is -2.48. The first-order valence-electron chi connectivity index (χ1n) is 8.25. The van der Waals surface area contributed by atoms with E-state index in [0.29, 0.717) is 23.8 Å².